The number of carbonyl (C=O) groups is 1. The summed E-state index contributed by atoms with van der Waals surface area (Å²) in [6.07, 6.45) is 3.30. The highest BCUT2D eigenvalue weighted by atomic mass is 16.2. The normalized spacial score (nSPS) is 10.3. The van der Waals surface area contributed by atoms with Gasteiger partial charge in [-0.05, 0) is 19.4 Å². The van der Waals surface area contributed by atoms with Crippen LogP contribution in [-0.2, 0) is 17.9 Å². The van der Waals surface area contributed by atoms with E-state index in [1.54, 1.807) is 11.1 Å². The first-order valence-corrected chi connectivity index (χ1v) is 5.43. The van der Waals surface area contributed by atoms with Crippen LogP contribution in [0.5, 0.6) is 0 Å². The van der Waals surface area contributed by atoms with E-state index in [9.17, 15) is 4.79 Å². The first kappa shape index (κ1) is 11.8. The van der Waals surface area contributed by atoms with Crippen LogP contribution in [-0.4, -0.2) is 27.6 Å². The van der Waals surface area contributed by atoms with Crippen LogP contribution in [0.25, 0.3) is 0 Å². The number of aromatic nitrogens is 2. The fourth-order valence-electron chi connectivity index (χ4n) is 1.52. The Balaban J connectivity index is 2.57. The molecule has 0 fully saturated rings. The van der Waals surface area contributed by atoms with Gasteiger partial charge < -0.3 is 4.90 Å². The van der Waals surface area contributed by atoms with Gasteiger partial charge in [0, 0.05) is 26.2 Å². The molecule has 0 radical (unpaired) electrons. The summed E-state index contributed by atoms with van der Waals surface area (Å²) >= 11 is 0. The number of rotatable bonds is 5. The standard InChI is InChI=1S/C11H19N3O/c1-4-6-11(15)13(3)9-10-7-8-12-14(10)5-2/h7-8H,4-6,9H2,1-3H3. The Hall–Kier alpha value is -1.32. The molecule has 0 N–H and O–H groups in total. The maximum absolute atomic E-state index is 11.6. The maximum atomic E-state index is 11.6. The molecule has 0 spiro atoms. The van der Waals surface area contributed by atoms with E-state index in [0.717, 1.165) is 18.7 Å². The maximum Gasteiger partial charge on any atom is 0.222 e. The van der Waals surface area contributed by atoms with Gasteiger partial charge in [-0.2, -0.15) is 5.10 Å². The van der Waals surface area contributed by atoms with Gasteiger partial charge in [0.25, 0.3) is 0 Å². The average molecular weight is 209 g/mol. The smallest absolute Gasteiger partial charge is 0.222 e. The minimum atomic E-state index is 0.196. The molecule has 1 amide bonds. The van der Waals surface area contributed by atoms with E-state index in [1.807, 2.05) is 31.6 Å². The lowest BCUT2D eigenvalue weighted by atomic mass is 10.3. The zero-order chi connectivity index (χ0) is 11.3. The number of carbonyl (C=O) groups excluding carboxylic acids is 1. The van der Waals surface area contributed by atoms with E-state index in [1.165, 1.54) is 0 Å². The van der Waals surface area contributed by atoms with Gasteiger partial charge in [-0.3, -0.25) is 9.48 Å². The number of nitrogens with zero attached hydrogens (tertiary/aromatic N) is 3. The van der Waals surface area contributed by atoms with E-state index in [-0.39, 0.29) is 5.91 Å². The summed E-state index contributed by atoms with van der Waals surface area (Å²) in [5.74, 6) is 0.196. The summed E-state index contributed by atoms with van der Waals surface area (Å²) in [6, 6.07) is 1.96. The average Bonchev–Trinajstić information content (AvgIpc) is 2.65. The number of amides is 1. The Morgan fingerprint density at radius 3 is 2.87 bits per heavy atom. The third-order valence-electron chi connectivity index (χ3n) is 2.39. The highest BCUT2D eigenvalue weighted by Crippen LogP contribution is 2.04. The number of hydrogen-bond donors (Lipinski definition) is 0. The molecule has 4 heteroatoms. The zero-order valence-corrected chi connectivity index (χ0v) is 9.73. The molecule has 0 bridgehead atoms. The quantitative estimate of drug-likeness (QED) is 0.739. The van der Waals surface area contributed by atoms with Gasteiger partial charge in [0.05, 0.1) is 12.2 Å². The fourth-order valence-corrected chi connectivity index (χ4v) is 1.52. The second kappa shape index (κ2) is 5.53. The van der Waals surface area contributed by atoms with Crippen molar-refractivity contribution in [2.45, 2.75) is 39.8 Å². The molecule has 1 aromatic rings. The Morgan fingerprint density at radius 1 is 1.53 bits per heavy atom. The molecule has 0 saturated carbocycles. The summed E-state index contributed by atoms with van der Waals surface area (Å²) < 4.78 is 1.91. The fraction of sp³-hybridized carbons (Fsp3) is 0.636. The second-order valence-corrected chi connectivity index (χ2v) is 3.64. The number of aryl methyl sites for hydroxylation is 1. The SMILES string of the molecule is CCCC(=O)N(C)Cc1ccnn1CC. The molecule has 0 aliphatic rings. The van der Waals surface area contributed by atoms with Crippen LogP contribution < -0.4 is 0 Å². The van der Waals surface area contributed by atoms with Crippen LogP contribution in [0.2, 0.25) is 0 Å². The molecule has 0 aliphatic carbocycles. The Kier molecular flexibility index (Phi) is 4.34. The summed E-state index contributed by atoms with van der Waals surface area (Å²) in [7, 11) is 1.84. The van der Waals surface area contributed by atoms with Crippen LogP contribution in [0.3, 0.4) is 0 Å². The molecule has 15 heavy (non-hydrogen) atoms. The molecule has 0 saturated heterocycles. The van der Waals surface area contributed by atoms with Gasteiger partial charge in [-0.25, -0.2) is 0 Å². The van der Waals surface area contributed by atoms with Crippen molar-refractivity contribution in [3.05, 3.63) is 18.0 Å². The lowest BCUT2D eigenvalue weighted by Gasteiger charge is -2.17. The van der Waals surface area contributed by atoms with Crippen LogP contribution in [0.1, 0.15) is 32.4 Å². The van der Waals surface area contributed by atoms with Crippen molar-refractivity contribution in [3.8, 4) is 0 Å². The van der Waals surface area contributed by atoms with Crippen LogP contribution in [0.4, 0.5) is 0 Å². The molecule has 0 atom stereocenters. The Bertz CT molecular complexity index is 319. The van der Waals surface area contributed by atoms with E-state index in [2.05, 4.69) is 5.10 Å². The molecule has 1 heterocycles. The molecule has 1 rings (SSSR count). The minimum Gasteiger partial charge on any atom is -0.340 e. The summed E-state index contributed by atoms with van der Waals surface area (Å²) in [5.41, 5.74) is 1.09. The summed E-state index contributed by atoms with van der Waals surface area (Å²) in [4.78, 5) is 13.3. The van der Waals surface area contributed by atoms with Gasteiger partial charge in [0.2, 0.25) is 5.91 Å². The minimum absolute atomic E-state index is 0.196. The highest BCUT2D eigenvalue weighted by Gasteiger charge is 2.10. The molecular weight excluding hydrogens is 190 g/mol. The molecule has 84 valence electrons. The zero-order valence-electron chi connectivity index (χ0n) is 9.73. The Morgan fingerprint density at radius 2 is 2.27 bits per heavy atom. The van der Waals surface area contributed by atoms with E-state index < -0.39 is 0 Å². The van der Waals surface area contributed by atoms with Crippen molar-refractivity contribution < 1.29 is 4.79 Å². The van der Waals surface area contributed by atoms with Gasteiger partial charge >= 0.3 is 0 Å². The third-order valence-corrected chi connectivity index (χ3v) is 2.39. The van der Waals surface area contributed by atoms with E-state index in [4.69, 9.17) is 0 Å². The highest BCUT2D eigenvalue weighted by molar-refractivity contribution is 5.75. The van der Waals surface area contributed by atoms with Crippen molar-refractivity contribution in [3.63, 3.8) is 0 Å². The molecular formula is C11H19N3O. The first-order valence-electron chi connectivity index (χ1n) is 5.43. The van der Waals surface area contributed by atoms with Gasteiger partial charge in [0.15, 0.2) is 0 Å². The van der Waals surface area contributed by atoms with Crippen molar-refractivity contribution >= 4 is 5.91 Å². The lowest BCUT2D eigenvalue weighted by Crippen LogP contribution is -2.27. The van der Waals surface area contributed by atoms with E-state index >= 15 is 0 Å². The van der Waals surface area contributed by atoms with Gasteiger partial charge in [-0.15, -0.1) is 0 Å². The van der Waals surface area contributed by atoms with Crippen LogP contribution in [0, 0.1) is 0 Å². The molecule has 1 aromatic heterocycles. The van der Waals surface area contributed by atoms with Gasteiger partial charge in [-0.1, -0.05) is 6.92 Å². The lowest BCUT2D eigenvalue weighted by molar-refractivity contribution is -0.130. The summed E-state index contributed by atoms with van der Waals surface area (Å²) in [6.45, 7) is 5.55. The molecule has 0 aliphatic heterocycles. The summed E-state index contributed by atoms with van der Waals surface area (Å²) in [5, 5.41) is 4.17. The van der Waals surface area contributed by atoms with Crippen molar-refractivity contribution in [1.29, 1.82) is 0 Å². The predicted octanol–water partition coefficient (Wildman–Crippen LogP) is 1.66. The molecule has 4 nitrogen and oxygen atoms in total. The number of hydrogen-bond acceptors (Lipinski definition) is 2. The van der Waals surface area contributed by atoms with Crippen molar-refractivity contribution in [2.75, 3.05) is 7.05 Å². The monoisotopic (exact) mass is 209 g/mol. The first-order chi connectivity index (χ1) is 7.19. The van der Waals surface area contributed by atoms with Crippen molar-refractivity contribution in [1.82, 2.24) is 14.7 Å². The van der Waals surface area contributed by atoms with E-state index in [0.29, 0.717) is 13.0 Å². The molecule has 0 aromatic carbocycles. The van der Waals surface area contributed by atoms with Crippen LogP contribution >= 0.6 is 0 Å². The van der Waals surface area contributed by atoms with Gasteiger partial charge in [0.1, 0.15) is 0 Å². The predicted molar refractivity (Wildman–Crippen MR) is 59.3 cm³/mol. The largest absolute Gasteiger partial charge is 0.340 e. The second-order valence-electron chi connectivity index (χ2n) is 3.64. The Labute approximate surface area is 90.9 Å². The van der Waals surface area contributed by atoms with Crippen LogP contribution in [0.15, 0.2) is 12.3 Å². The molecule has 0 unspecified atom stereocenters. The third kappa shape index (κ3) is 3.08. The van der Waals surface area contributed by atoms with Crippen molar-refractivity contribution in [2.24, 2.45) is 0 Å². The topological polar surface area (TPSA) is 38.1 Å².